The molecule has 0 saturated heterocycles. The highest BCUT2D eigenvalue weighted by Gasteiger charge is 2.39. The summed E-state index contributed by atoms with van der Waals surface area (Å²) in [5.74, 6) is -0.0277. The highest BCUT2D eigenvalue weighted by Crippen LogP contribution is 2.32. The Hall–Kier alpha value is -2.83. The number of nitrogens with zero attached hydrogens (tertiary/aromatic N) is 1. The summed E-state index contributed by atoms with van der Waals surface area (Å²) in [7, 11) is 0. The Morgan fingerprint density at radius 3 is 2.39 bits per heavy atom. The van der Waals surface area contributed by atoms with Crippen molar-refractivity contribution in [2.45, 2.75) is 33.8 Å². The number of anilines is 1. The van der Waals surface area contributed by atoms with Crippen LogP contribution in [0.15, 0.2) is 48.2 Å². The smallest absolute Gasteiger partial charge is 0.278 e. The number of carbonyl (C=O) groups excluding carboxylic acids is 2. The number of aryl methyl sites for hydroxylation is 1. The minimum atomic E-state index is -0.379. The molecule has 31 heavy (non-hydrogen) atoms. The molecule has 3 rings (SSSR count). The van der Waals surface area contributed by atoms with Crippen LogP contribution in [0.5, 0.6) is 5.75 Å². The van der Waals surface area contributed by atoms with Crippen molar-refractivity contribution in [3.05, 3.63) is 64.3 Å². The number of nitrogens with one attached hydrogen (secondary N) is 1. The van der Waals surface area contributed by atoms with Crippen LogP contribution in [-0.2, 0) is 14.3 Å². The van der Waals surface area contributed by atoms with Gasteiger partial charge in [-0.05, 0) is 69.2 Å². The van der Waals surface area contributed by atoms with Crippen LogP contribution >= 0.6 is 11.6 Å². The molecule has 6 nitrogen and oxygen atoms in total. The number of rotatable bonds is 9. The molecule has 7 heteroatoms. The molecule has 2 amide bonds. The lowest BCUT2D eigenvalue weighted by molar-refractivity contribution is -0.137. The number of amides is 2. The Morgan fingerprint density at radius 2 is 1.77 bits per heavy atom. The normalized spacial score (nSPS) is 14.1. The summed E-state index contributed by atoms with van der Waals surface area (Å²) in [6.45, 7) is 8.62. The maximum Gasteiger partial charge on any atom is 0.278 e. The monoisotopic (exact) mass is 442 g/mol. The summed E-state index contributed by atoms with van der Waals surface area (Å²) in [4.78, 5) is 27.7. The zero-order valence-electron chi connectivity index (χ0n) is 18.2. The fourth-order valence-electron chi connectivity index (χ4n) is 3.33. The predicted octanol–water partition coefficient (Wildman–Crippen LogP) is 4.66. The Bertz CT molecular complexity index is 999. The van der Waals surface area contributed by atoms with Crippen molar-refractivity contribution in [3.63, 3.8) is 0 Å². The van der Waals surface area contributed by atoms with E-state index >= 15 is 0 Å². The first-order valence-corrected chi connectivity index (χ1v) is 10.7. The number of imide groups is 1. The summed E-state index contributed by atoms with van der Waals surface area (Å²) in [6.07, 6.45) is 0.0145. The van der Waals surface area contributed by atoms with Gasteiger partial charge in [0, 0.05) is 10.7 Å². The number of halogens is 1. The van der Waals surface area contributed by atoms with E-state index in [2.05, 4.69) is 5.32 Å². The molecule has 1 N–H and O–H groups in total. The van der Waals surface area contributed by atoms with Gasteiger partial charge in [-0.25, -0.2) is 0 Å². The first-order valence-electron chi connectivity index (χ1n) is 10.3. The molecule has 0 aromatic heterocycles. The lowest BCUT2D eigenvalue weighted by atomic mass is 10.0. The average Bonchev–Trinajstić information content (AvgIpc) is 2.95. The molecule has 0 atom stereocenters. The highest BCUT2D eigenvalue weighted by molar-refractivity contribution is 6.36. The van der Waals surface area contributed by atoms with Gasteiger partial charge in [0.25, 0.3) is 11.8 Å². The molecule has 0 fully saturated rings. The van der Waals surface area contributed by atoms with E-state index in [9.17, 15) is 9.59 Å². The van der Waals surface area contributed by atoms with Crippen LogP contribution in [0, 0.1) is 6.92 Å². The van der Waals surface area contributed by atoms with Gasteiger partial charge >= 0.3 is 0 Å². The average molecular weight is 443 g/mol. The lowest BCUT2D eigenvalue weighted by Crippen LogP contribution is -2.35. The van der Waals surface area contributed by atoms with Crippen LogP contribution in [0.1, 0.15) is 31.9 Å². The molecule has 0 unspecified atom stereocenters. The lowest BCUT2D eigenvalue weighted by Gasteiger charge is -2.16. The summed E-state index contributed by atoms with van der Waals surface area (Å²) < 4.78 is 11.0. The van der Waals surface area contributed by atoms with Crippen molar-refractivity contribution in [2.24, 2.45) is 0 Å². The Balaban J connectivity index is 1.97. The van der Waals surface area contributed by atoms with Crippen LogP contribution in [0.4, 0.5) is 5.69 Å². The molecule has 2 aromatic rings. The van der Waals surface area contributed by atoms with Gasteiger partial charge in [0.1, 0.15) is 11.4 Å². The quantitative estimate of drug-likeness (QED) is 0.572. The van der Waals surface area contributed by atoms with Crippen LogP contribution in [0.3, 0.4) is 0 Å². The van der Waals surface area contributed by atoms with E-state index in [1.165, 1.54) is 4.90 Å². The van der Waals surface area contributed by atoms with Gasteiger partial charge in [-0.3, -0.25) is 14.5 Å². The molecule has 164 valence electrons. The van der Waals surface area contributed by atoms with Gasteiger partial charge in [0.2, 0.25) is 0 Å². The van der Waals surface area contributed by atoms with Crippen LogP contribution in [-0.4, -0.2) is 42.6 Å². The zero-order valence-corrected chi connectivity index (χ0v) is 19.0. The molecule has 0 bridgehead atoms. The maximum absolute atomic E-state index is 13.2. The molecule has 1 heterocycles. The minimum Gasteiger partial charge on any atom is -0.494 e. The molecule has 2 aromatic carbocycles. The topological polar surface area (TPSA) is 67.9 Å². The predicted molar refractivity (Wildman–Crippen MR) is 122 cm³/mol. The maximum atomic E-state index is 13.2. The summed E-state index contributed by atoms with van der Waals surface area (Å²) >= 11 is 6.06. The van der Waals surface area contributed by atoms with Crippen LogP contribution < -0.4 is 10.1 Å². The van der Waals surface area contributed by atoms with Gasteiger partial charge < -0.3 is 14.8 Å². The molecule has 0 spiro atoms. The second kappa shape index (κ2) is 9.98. The molecule has 0 radical (unpaired) electrons. The number of carbonyl (C=O) groups is 2. The van der Waals surface area contributed by atoms with E-state index in [1.807, 2.05) is 27.7 Å². The van der Waals surface area contributed by atoms with Crippen LogP contribution in [0.2, 0.25) is 5.02 Å². The van der Waals surface area contributed by atoms with Crippen molar-refractivity contribution in [1.29, 1.82) is 0 Å². The zero-order chi connectivity index (χ0) is 22.5. The van der Waals surface area contributed by atoms with Crippen molar-refractivity contribution >= 4 is 34.7 Å². The van der Waals surface area contributed by atoms with Gasteiger partial charge in [-0.1, -0.05) is 23.7 Å². The third-order valence-electron chi connectivity index (χ3n) is 4.84. The molecular weight excluding hydrogens is 416 g/mol. The third kappa shape index (κ3) is 5.27. The summed E-state index contributed by atoms with van der Waals surface area (Å²) in [6, 6.07) is 12.5. The Kier molecular flexibility index (Phi) is 7.36. The standard InChI is InChI=1S/C24H27ClN2O4/c1-5-30-19-9-6-17(7-10-19)21-22(26-20-11-8-18(25)14-16(20)4)24(29)27(23(21)28)12-13-31-15(2)3/h6-11,14-15,26H,5,12-13H2,1-4H3. The summed E-state index contributed by atoms with van der Waals surface area (Å²) in [5.41, 5.74) is 2.79. The van der Waals surface area contributed by atoms with E-state index in [1.54, 1.807) is 42.5 Å². The van der Waals surface area contributed by atoms with E-state index < -0.39 is 0 Å². The first kappa shape index (κ1) is 22.8. The fraction of sp³-hybridized carbons (Fsp3) is 0.333. The second-order valence-corrected chi connectivity index (χ2v) is 7.91. The fourth-order valence-corrected chi connectivity index (χ4v) is 3.56. The Morgan fingerprint density at radius 1 is 1.06 bits per heavy atom. The third-order valence-corrected chi connectivity index (χ3v) is 5.07. The van der Waals surface area contributed by atoms with Gasteiger partial charge in [0.15, 0.2) is 0 Å². The van der Waals surface area contributed by atoms with E-state index in [4.69, 9.17) is 21.1 Å². The van der Waals surface area contributed by atoms with Crippen molar-refractivity contribution in [2.75, 3.05) is 25.1 Å². The molecule has 1 aliphatic heterocycles. The van der Waals surface area contributed by atoms with E-state index in [0.717, 1.165) is 5.56 Å². The van der Waals surface area contributed by atoms with Crippen molar-refractivity contribution in [3.8, 4) is 5.75 Å². The number of hydrogen-bond acceptors (Lipinski definition) is 5. The highest BCUT2D eigenvalue weighted by atomic mass is 35.5. The van der Waals surface area contributed by atoms with Gasteiger partial charge in [-0.15, -0.1) is 0 Å². The largest absolute Gasteiger partial charge is 0.494 e. The van der Waals surface area contributed by atoms with Gasteiger partial charge in [-0.2, -0.15) is 0 Å². The van der Waals surface area contributed by atoms with Crippen LogP contribution in [0.25, 0.3) is 5.57 Å². The number of benzene rings is 2. The SMILES string of the molecule is CCOc1ccc(C2=C(Nc3ccc(Cl)cc3C)C(=O)N(CCOC(C)C)C2=O)cc1. The second-order valence-electron chi connectivity index (χ2n) is 7.47. The molecule has 1 aliphatic rings. The molecular formula is C24H27ClN2O4. The summed E-state index contributed by atoms with van der Waals surface area (Å²) in [5, 5.41) is 3.77. The van der Waals surface area contributed by atoms with E-state index in [0.29, 0.717) is 34.2 Å². The van der Waals surface area contributed by atoms with Crippen molar-refractivity contribution in [1.82, 2.24) is 4.90 Å². The van der Waals surface area contributed by atoms with Crippen molar-refractivity contribution < 1.29 is 19.1 Å². The number of ether oxygens (including phenoxy) is 2. The van der Waals surface area contributed by atoms with E-state index in [-0.39, 0.29) is 36.8 Å². The number of hydrogen-bond donors (Lipinski definition) is 1. The minimum absolute atomic E-state index is 0.0145. The van der Waals surface area contributed by atoms with Gasteiger partial charge in [0.05, 0.1) is 31.4 Å². The first-order chi connectivity index (χ1) is 14.8. The molecule has 0 saturated carbocycles. The molecule has 0 aliphatic carbocycles. The Labute approximate surface area is 187 Å².